The quantitative estimate of drug-likeness (QED) is 0.267. The summed E-state index contributed by atoms with van der Waals surface area (Å²) in [5, 5.41) is 66.7. The molecule has 2 saturated heterocycles. The lowest BCUT2D eigenvalue weighted by Gasteiger charge is -2.43. The minimum absolute atomic E-state index is 0.512. The van der Waals surface area contributed by atoms with Gasteiger partial charge in [0.2, 0.25) is 0 Å². The van der Waals surface area contributed by atoms with Crippen LogP contribution in [0.1, 0.15) is 0 Å². The monoisotopic (exact) mass is 325 g/mol. The van der Waals surface area contributed by atoms with Crippen molar-refractivity contribution in [3.63, 3.8) is 0 Å². The molecule has 22 heavy (non-hydrogen) atoms. The lowest BCUT2D eigenvalue weighted by atomic mass is 9.98. The summed E-state index contributed by atoms with van der Waals surface area (Å²) in [5.41, 5.74) is 0. The van der Waals surface area contributed by atoms with Gasteiger partial charge in [0.1, 0.15) is 55.4 Å². The van der Waals surface area contributed by atoms with Gasteiger partial charge >= 0.3 is 0 Å². The van der Waals surface area contributed by atoms with Crippen LogP contribution >= 0.6 is 0 Å². The molecule has 10 heteroatoms. The first-order chi connectivity index (χ1) is 10.4. The highest BCUT2D eigenvalue weighted by atomic mass is 16.7. The fourth-order valence-corrected chi connectivity index (χ4v) is 2.35. The van der Waals surface area contributed by atoms with Crippen molar-refractivity contribution in [2.75, 3.05) is 13.2 Å². The zero-order chi connectivity index (χ0) is 16.4. The Bertz CT molecular complexity index is 353. The van der Waals surface area contributed by atoms with Gasteiger partial charge in [0, 0.05) is 0 Å². The molecule has 0 bridgehead atoms. The molecule has 2 aliphatic heterocycles. The van der Waals surface area contributed by atoms with Crippen molar-refractivity contribution in [2.45, 2.75) is 55.1 Å². The molecule has 1 radical (unpaired) electrons. The van der Waals surface area contributed by atoms with Crippen LogP contribution in [0.4, 0.5) is 0 Å². The highest BCUT2D eigenvalue weighted by Gasteiger charge is 2.47. The first-order valence-electron chi connectivity index (χ1n) is 6.82. The number of rotatable bonds is 4. The largest absolute Gasteiger partial charge is 0.394 e. The van der Waals surface area contributed by atoms with Crippen LogP contribution in [0, 0.1) is 6.61 Å². The molecule has 2 rings (SSSR count). The Labute approximate surface area is 126 Å². The fourth-order valence-electron chi connectivity index (χ4n) is 2.35. The Morgan fingerprint density at radius 1 is 0.773 bits per heavy atom. The van der Waals surface area contributed by atoms with E-state index in [0.29, 0.717) is 0 Å². The first kappa shape index (κ1) is 17.9. The molecule has 2 fully saturated rings. The Kier molecular flexibility index (Phi) is 6.07. The van der Waals surface area contributed by atoms with Gasteiger partial charge in [-0.3, -0.25) is 0 Å². The summed E-state index contributed by atoms with van der Waals surface area (Å²) in [6.07, 6.45) is -12.5. The highest BCUT2D eigenvalue weighted by molar-refractivity contribution is 4.95. The van der Waals surface area contributed by atoms with Crippen molar-refractivity contribution in [1.82, 2.24) is 0 Å². The average Bonchev–Trinajstić information content (AvgIpc) is 2.52. The predicted molar refractivity (Wildman–Crippen MR) is 66.9 cm³/mol. The Hall–Kier alpha value is -0.400. The van der Waals surface area contributed by atoms with E-state index in [0.717, 1.165) is 6.61 Å². The molecule has 0 amide bonds. The normalized spacial score (nSPS) is 50.0. The van der Waals surface area contributed by atoms with Crippen LogP contribution in [0.25, 0.3) is 0 Å². The third kappa shape index (κ3) is 3.41. The van der Waals surface area contributed by atoms with Gasteiger partial charge in [-0.15, -0.1) is 0 Å². The maximum absolute atomic E-state index is 9.90. The van der Waals surface area contributed by atoms with E-state index < -0.39 is 68.3 Å². The van der Waals surface area contributed by atoms with Gasteiger partial charge in [-0.25, -0.2) is 0 Å². The van der Waals surface area contributed by atoms with E-state index in [1.54, 1.807) is 0 Å². The van der Waals surface area contributed by atoms with E-state index in [1.807, 2.05) is 0 Å². The first-order valence-corrected chi connectivity index (χ1v) is 6.82. The summed E-state index contributed by atoms with van der Waals surface area (Å²) in [7, 11) is 0. The third-order valence-corrected chi connectivity index (χ3v) is 3.77. The molecule has 7 N–H and O–H groups in total. The molecule has 0 unspecified atom stereocenters. The number of hydrogen-bond acceptors (Lipinski definition) is 10. The number of ether oxygens (including phenoxy) is 3. The Balaban J connectivity index is 2.00. The van der Waals surface area contributed by atoms with Crippen LogP contribution in [0.3, 0.4) is 0 Å². The topological polar surface area (TPSA) is 169 Å². The van der Waals surface area contributed by atoms with Crippen LogP contribution in [0.15, 0.2) is 0 Å². The van der Waals surface area contributed by atoms with Crippen LogP contribution in [-0.4, -0.2) is 104 Å². The smallest absolute Gasteiger partial charge is 0.187 e. The lowest BCUT2D eigenvalue weighted by molar-refractivity contribution is -0.325. The van der Waals surface area contributed by atoms with Crippen LogP contribution in [0.5, 0.6) is 0 Å². The summed E-state index contributed by atoms with van der Waals surface area (Å²) in [5.74, 6) is 0. The van der Waals surface area contributed by atoms with Gasteiger partial charge in [0.25, 0.3) is 0 Å². The van der Waals surface area contributed by atoms with Crippen molar-refractivity contribution in [2.24, 2.45) is 0 Å². The second-order valence-electron chi connectivity index (χ2n) is 5.27. The summed E-state index contributed by atoms with van der Waals surface area (Å²) < 4.78 is 15.4. The molecule has 10 nitrogen and oxygen atoms in total. The lowest BCUT2D eigenvalue weighted by Crippen LogP contribution is -2.61. The van der Waals surface area contributed by atoms with Gasteiger partial charge < -0.3 is 50.0 Å². The molecule has 129 valence electrons. The van der Waals surface area contributed by atoms with Crippen molar-refractivity contribution in [1.29, 1.82) is 0 Å². The van der Waals surface area contributed by atoms with E-state index in [1.165, 1.54) is 0 Å². The van der Waals surface area contributed by atoms with Crippen LogP contribution in [0.2, 0.25) is 0 Å². The van der Waals surface area contributed by atoms with Gasteiger partial charge in [-0.2, -0.15) is 0 Å². The second-order valence-corrected chi connectivity index (χ2v) is 5.27. The maximum Gasteiger partial charge on any atom is 0.187 e. The molecule has 0 aromatic carbocycles. The van der Waals surface area contributed by atoms with Gasteiger partial charge in [-0.1, -0.05) is 0 Å². The minimum atomic E-state index is -1.63. The Morgan fingerprint density at radius 3 is 1.95 bits per heavy atom. The van der Waals surface area contributed by atoms with Gasteiger partial charge in [-0.05, 0) is 0 Å². The Morgan fingerprint density at radius 2 is 1.36 bits per heavy atom. The highest BCUT2D eigenvalue weighted by Crippen LogP contribution is 2.27. The van der Waals surface area contributed by atoms with Crippen LogP contribution < -0.4 is 0 Å². The second kappa shape index (κ2) is 7.45. The minimum Gasteiger partial charge on any atom is -0.394 e. The average molecular weight is 325 g/mol. The number of aliphatic hydroxyl groups is 7. The molecule has 0 spiro atoms. The number of hydrogen-bond donors (Lipinski definition) is 7. The van der Waals surface area contributed by atoms with Gasteiger partial charge in [0.05, 0.1) is 13.2 Å². The SMILES string of the molecule is OC[C@H]1O[C@@H](O[C@H]2[CH]O[C@H](CO)[C@@H](O)[C@@H]2O)[C@H](O)[C@@H](O)[C@@H]1O. The molecular weight excluding hydrogens is 304 g/mol. The zero-order valence-electron chi connectivity index (χ0n) is 11.5. The molecule has 0 saturated carbocycles. The summed E-state index contributed by atoms with van der Waals surface area (Å²) >= 11 is 0. The molecule has 2 aliphatic rings. The van der Waals surface area contributed by atoms with Crippen LogP contribution in [-0.2, 0) is 14.2 Å². The van der Waals surface area contributed by atoms with Gasteiger partial charge in [0.15, 0.2) is 6.29 Å². The van der Waals surface area contributed by atoms with E-state index in [9.17, 15) is 25.5 Å². The third-order valence-electron chi connectivity index (χ3n) is 3.77. The summed E-state index contributed by atoms with van der Waals surface area (Å²) in [6, 6.07) is 0. The molecule has 0 aromatic rings. The van der Waals surface area contributed by atoms with E-state index in [-0.39, 0.29) is 0 Å². The molecular formula is C12H21O10. The molecule has 0 aliphatic carbocycles. The molecule has 0 aromatic heterocycles. The standard InChI is InChI=1S/C12H21O10/c13-1-4-7(15)9(17)6(3-20-4)22-12-11(19)10(18)8(16)5(2-14)21-12/h3-19H,1-2H2/t4-,5-,6+,7-,8-,9-,10+,11-,12+/m1/s1. The molecule has 9 atom stereocenters. The zero-order valence-corrected chi connectivity index (χ0v) is 11.5. The van der Waals surface area contributed by atoms with Crippen molar-refractivity contribution >= 4 is 0 Å². The van der Waals surface area contributed by atoms with E-state index >= 15 is 0 Å². The van der Waals surface area contributed by atoms with E-state index in [4.69, 9.17) is 24.4 Å². The maximum atomic E-state index is 9.90. The predicted octanol–water partition coefficient (Wildman–Crippen LogP) is -4.55. The van der Waals surface area contributed by atoms with E-state index in [2.05, 4.69) is 0 Å². The van der Waals surface area contributed by atoms with Crippen molar-refractivity contribution < 1.29 is 50.0 Å². The van der Waals surface area contributed by atoms with Crippen molar-refractivity contribution in [3.05, 3.63) is 6.61 Å². The summed E-state index contributed by atoms with van der Waals surface area (Å²) in [6.45, 7) is -0.103. The fraction of sp³-hybridized carbons (Fsp3) is 0.917. The number of aliphatic hydroxyl groups excluding tert-OH is 7. The molecule has 2 heterocycles. The van der Waals surface area contributed by atoms with Crippen molar-refractivity contribution in [3.8, 4) is 0 Å². The summed E-state index contributed by atoms with van der Waals surface area (Å²) in [4.78, 5) is 0.